The number of rotatable bonds is 8. The highest BCUT2D eigenvalue weighted by atomic mass is 16.4. The fourth-order valence-electron chi connectivity index (χ4n) is 2.63. The number of nitrogens with zero attached hydrogens (tertiary/aromatic N) is 2. The molecule has 0 aliphatic carbocycles. The van der Waals surface area contributed by atoms with Crippen molar-refractivity contribution in [2.75, 3.05) is 11.1 Å². The molecule has 0 unspecified atom stereocenters. The Morgan fingerprint density at radius 1 is 1.31 bits per heavy atom. The molecule has 5 N–H and O–H groups in total. The summed E-state index contributed by atoms with van der Waals surface area (Å²) in [4.78, 5) is 40.7. The second-order valence-corrected chi connectivity index (χ2v) is 6.83. The molecule has 0 radical (unpaired) electrons. The van der Waals surface area contributed by atoms with Crippen LogP contribution in [0.25, 0.3) is 11.3 Å². The number of aromatic nitrogens is 2. The van der Waals surface area contributed by atoms with Crippen molar-refractivity contribution in [1.29, 1.82) is 0 Å². The summed E-state index contributed by atoms with van der Waals surface area (Å²) < 4.78 is 1.08. The maximum atomic E-state index is 12.8. The van der Waals surface area contributed by atoms with Crippen molar-refractivity contribution >= 4 is 23.4 Å². The number of carbonyl (C=O) groups is 2. The topological polar surface area (TPSA) is 139 Å². The van der Waals surface area contributed by atoms with Crippen molar-refractivity contribution in [1.82, 2.24) is 14.9 Å². The summed E-state index contributed by atoms with van der Waals surface area (Å²) in [5.41, 5.74) is 7.10. The lowest BCUT2D eigenvalue weighted by molar-refractivity contribution is -0.137. The average molecular weight is 399 g/mol. The number of allylic oxidation sites excluding steroid dienone is 1. The van der Waals surface area contributed by atoms with Gasteiger partial charge >= 0.3 is 5.97 Å². The van der Waals surface area contributed by atoms with E-state index < -0.39 is 24.0 Å². The maximum absolute atomic E-state index is 12.8. The molecule has 0 atom stereocenters. The van der Waals surface area contributed by atoms with Gasteiger partial charge < -0.3 is 21.5 Å². The molecule has 9 nitrogen and oxygen atoms in total. The van der Waals surface area contributed by atoms with Gasteiger partial charge in [0.2, 0.25) is 0 Å². The molecule has 9 heteroatoms. The molecule has 0 saturated heterocycles. The van der Waals surface area contributed by atoms with Crippen molar-refractivity contribution in [2.24, 2.45) is 0 Å². The van der Waals surface area contributed by atoms with Gasteiger partial charge in [-0.25, -0.2) is 4.98 Å². The third-order valence-electron chi connectivity index (χ3n) is 4.00. The van der Waals surface area contributed by atoms with E-state index in [4.69, 9.17) is 5.73 Å². The molecule has 0 bridgehead atoms. The van der Waals surface area contributed by atoms with Gasteiger partial charge in [-0.15, -0.1) is 0 Å². The van der Waals surface area contributed by atoms with Crippen molar-refractivity contribution in [2.45, 2.75) is 39.8 Å². The largest absolute Gasteiger partial charge is 0.480 e. The number of hydrogen-bond donors (Lipinski definition) is 4. The Kier molecular flexibility index (Phi) is 6.76. The number of nitrogen functional groups attached to an aromatic ring is 1. The zero-order chi connectivity index (χ0) is 21.7. The van der Waals surface area contributed by atoms with Gasteiger partial charge in [0.25, 0.3) is 11.5 Å². The number of anilines is 2. The predicted molar refractivity (Wildman–Crippen MR) is 112 cm³/mol. The number of carboxylic acid groups (broad SMARTS) is 1. The SMILES string of the molecule is C=C(CC)NC(=O)c1cc(N)cc(-c2cnc(NC(C)C)c(=O)n2CC(=O)O)c1. The molecule has 0 saturated carbocycles. The number of benzene rings is 1. The van der Waals surface area contributed by atoms with Gasteiger partial charge in [-0.1, -0.05) is 13.5 Å². The van der Waals surface area contributed by atoms with E-state index in [2.05, 4.69) is 22.2 Å². The fraction of sp³-hybridized carbons (Fsp3) is 0.300. The zero-order valence-electron chi connectivity index (χ0n) is 16.7. The van der Waals surface area contributed by atoms with Crippen molar-refractivity contribution < 1.29 is 14.7 Å². The summed E-state index contributed by atoms with van der Waals surface area (Å²) in [5.74, 6) is -1.54. The maximum Gasteiger partial charge on any atom is 0.323 e. The van der Waals surface area contributed by atoms with Crippen LogP contribution >= 0.6 is 0 Å². The van der Waals surface area contributed by atoms with Crippen molar-refractivity contribution in [3.05, 3.63) is 52.6 Å². The molecular formula is C20H25N5O4. The third kappa shape index (κ3) is 5.44. The van der Waals surface area contributed by atoms with Crippen LogP contribution in [0, 0.1) is 0 Å². The lowest BCUT2D eigenvalue weighted by atomic mass is 10.1. The number of nitrogens with two attached hydrogens (primary N) is 1. The van der Waals surface area contributed by atoms with Gasteiger partial charge in [0.1, 0.15) is 6.54 Å². The number of nitrogens with one attached hydrogen (secondary N) is 2. The first-order chi connectivity index (χ1) is 13.6. The molecule has 1 aromatic heterocycles. The normalized spacial score (nSPS) is 10.6. The van der Waals surface area contributed by atoms with Crippen LogP contribution in [0.4, 0.5) is 11.5 Å². The van der Waals surface area contributed by atoms with Gasteiger partial charge in [-0.2, -0.15) is 0 Å². The van der Waals surface area contributed by atoms with Gasteiger partial charge in [0.15, 0.2) is 5.82 Å². The number of amides is 1. The molecule has 0 aliphatic rings. The highest BCUT2D eigenvalue weighted by Gasteiger charge is 2.17. The van der Waals surface area contributed by atoms with Crippen LogP contribution in [-0.2, 0) is 11.3 Å². The van der Waals surface area contributed by atoms with Gasteiger partial charge in [0.05, 0.1) is 11.9 Å². The van der Waals surface area contributed by atoms with Crippen LogP contribution in [0.2, 0.25) is 0 Å². The summed E-state index contributed by atoms with van der Waals surface area (Å²) >= 11 is 0. The van der Waals surface area contributed by atoms with Crippen LogP contribution in [-0.4, -0.2) is 32.6 Å². The lowest BCUT2D eigenvalue weighted by Gasteiger charge is -2.16. The number of hydrogen-bond acceptors (Lipinski definition) is 6. The molecule has 2 rings (SSSR count). The second kappa shape index (κ2) is 9.05. The summed E-state index contributed by atoms with van der Waals surface area (Å²) in [6.45, 7) is 8.71. The lowest BCUT2D eigenvalue weighted by Crippen LogP contribution is -2.30. The molecule has 1 amide bonds. The fourth-order valence-corrected chi connectivity index (χ4v) is 2.63. The Labute approximate surface area is 168 Å². The predicted octanol–water partition coefficient (Wildman–Crippen LogP) is 2.05. The monoisotopic (exact) mass is 399 g/mol. The standard InChI is InChI=1S/C20H25N5O4/c1-5-12(4)24-19(28)14-6-13(7-15(21)8-14)16-9-22-18(23-11(2)3)20(29)25(16)10-17(26)27/h6-9,11H,4-5,10,21H2,1-3H3,(H,22,23)(H,24,28)(H,26,27). The zero-order valence-corrected chi connectivity index (χ0v) is 16.7. The van der Waals surface area contributed by atoms with Gasteiger partial charge in [-0.3, -0.25) is 19.0 Å². The summed E-state index contributed by atoms with van der Waals surface area (Å²) in [6, 6.07) is 4.51. The van der Waals surface area contributed by atoms with Crippen LogP contribution in [0.5, 0.6) is 0 Å². The molecule has 154 valence electrons. The van der Waals surface area contributed by atoms with E-state index in [0.717, 1.165) is 4.57 Å². The molecule has 2 aromatic rings. The summed E-state index contributed by atoms with van der Waals surface area (Å²) in [6.07, 6.45) is 1.96. The molecule has 1 aromatic carbocycles. The highest BCUT2D eigenvalue weighted by Crippen LogP contribution is 2.23. The smallest absolute Gasteiger partial charge is 0.323 e. The Morgan fingerprint density at radius 2 is 2.00 bits per heavy atom. The van der Waals surface area contributed by atoms with E-state index >= 15 is 0 Å². The Balaban J connectivity index is 2.59. The quantitative estimate of drug-likeness (QED) is 0.498. The Bertz CT molecular complexity index is 1010. The summed E-state index contributed by atoms with van der Waals surface area (Å²) in [5, 5.41) is 14.8. The van der Waals surface area contributed by atoms with Crippen LogP contribution in [0.15, 0.2) is 41.5 Å². The minimum absolute atomic E-state index is 0.0473. The minimum Gasteiger partial charge on any atom is -0.480 e. The van der Waals surface area contributed by atoms with E-state index in [1.807, 2.05) is 20.8 Å². The van der Waals surface area contributed by atoms with E-state index in [1.54, 1.807) is 6.07 Å². The number of carboxylic acids is 1. The first kappa shape index (κ1) is 21.7. The molecule has 0 spiro atoms. The second-order valence-electron chi connectivity index (χ2n) is 6.83. The van der Waals surface area contributed by atoms with Gasteiger partial charge in [0, 0.05) is 28.6 Å². The van der Waals surface area contributed by atoms with Crippen LogP contribution < -0.4 is 21.9 Å². The van der Waals surface area contributed by atoms with Crippen LogP contribution in [0.3, 0.4) is 0 Å². The first-order valence-corrected chi connectivity index (χ1v) is 9.10. The Hall–Kier alpha value is -3.62. The average Bonchev–Trinajstić information content (AvgIpc) is 2.63. The van der Waals surface area contributed by atoms with Crippen molar-refractivity contribution in [3.63, 3.8) is 0 Å². The van der Waals surface area contributed by atoms with E-state index in [9.17, 15) is 19.5 Å². The molecule has 29 heavy (non-hydrogen) atoms. The molecular weight excluding hydrogens is 374 g/mol. The van der Waals surface area contributed by atoms with Gasteiger partial charge in [-0.05, 0) is 38.5 Å². The third-order valence-corrected chi connectivity index (χ3v) is 4.00. The Morgan fingerprint density at radius 3 is 2.59 bits per heavy atom. The first-order valence-electron chi connectivity index (χ1n) is 9.10. The minimum atomic E-state index is -1.18. The van der Waals surface area contributed by atoms with E-state index in [0.29, 0.717) is 17.7 Å². The highest BCUT2D eigenvalue weighted by molar-refractivity contribution is 5.97. The molecule has 1 heterocycles. The van der Waals surface area contributed by atoms with E-state index in [-0.39, 0.29) is 28.8 Å². The van der Waals surface area contributed by atoms with Crippen LogP contribution in [0.1, 0.15) is 37.6 Å². The number of aliphatic carboxylic acids is 1. The number of carbonyl (C=O) groups excluding carboxylic acids is 1. The molecule has 0 aliphatic heterocycles. The van der Waals surface area contributed by atoms with Crippen molar-refractivity contribution in [3.8, 4) is 11.3 Å². The summed E-state index contributed by atoms with van der Waals surface area (Å²) in [7, 11) is 0. The molecule has 0 fully saturated rings. The van der Waals surface area contributed by atoms with E-state index in [1.165, 1.54) is 18.3 Å².